The molecule has 0 spiro atoms. The molecule has 2 N–H and O–H groups in total. The second-order valence-electron chi connectivity index (χ2n) is 3.45. The second kappa shape index (κ2) is 4.94. The van der Waals surface area contributed by atoms with E-state index < -0.39 is 0 Å². The third kappa shape index (κ3) is 2.94. The molecular weight excluding hydrogens is 220 g/mol. The fraction of sp³-hybridized carbons (Fsp3) is 0.0769. The van der Waals surface area contributed by atoms with Crippen LogP contribution in [0.25, 0.3) is 0 Å². The van der Waals surface area contributed by atoms with E-state index >= 15 is 0 Å². The van der Waals surface area contributed by atoms with E-state index in [1.165, 1.54) is 0 Å². The molecule has 0 heterocycles. The van der Waals surface area contributed by atoms with Crippen molar-refractivity contribution in [2.75, 3.05) is 0 Å². The van der Waals surface area contributed by atoms with Crippen LogP contribution in [0.4, 0.5) is 0 Å². The summed E-state index contributed by atoms with van der Waals surface area (Å²) in [6.45, 7) is 0. The Morgan fingerprint density at radius 1 is 0.875 bits per heavy atom. The molecule has 0 aliphatic rings. The van der Waals surface area contributed by atoms with Crippen LogP contribution in [0.5, 0.6) is 11.5 Å². The lowest BCUT2D eigenvalue weighted by atomic mass is 10.2. The van der Waals surface area contributed by atoms with Crippen molar-refractivity contribution in [2.45, 2.75) is 10.6 Å². The molecule has 0 aliphatic heterocycles. The summed E-state index contributed by atoms with van der Waals surface area (Å²) in [5.74, 6) is 1.38. The minimum atomic E-state index is 0.279. The normalized spacial score (nSPS) is 10.2. The van der Waals surface area contributed by atoms with Crippen LogP contribution in [0.3, 0.4) is 0 Å². The lowest BCUT2D eigenvalue weighted by Gasteiger charge is -2.02. The topological polar surface area (TPSA) is 40.5 Å². The van der Waals surface area contributed by atoms with Gasteiger partial charge in [0.05, 0.1) is 0 Å². The van der Waals surface area contributed by atoms with Crippen molar-refractivity contribution in [3.05, 3.63) is 54.1 Å². The molecule has 2 aromatic carbocycles. The number of rotatable bonds is 3. The molecule has 0 radical (unpaired) electrons. The SMILES string of the molecule is Oc1ccc(SCc2cccc(O)c2)cc1. The third-order valence-electron chi connectivity index (χ3n) is 2.15. The highest BCUT2D eigenvalue weighted by Crippen LogP contribution is 2.25. The van der Waals surface area contributed by atoms with Crippen LogP contribution in [0, 0.1) is 0 Å². The number of phenols is 2. The molecule has 2 rings (SSSR count). The van der Waals surface area contributed by atoms with E-state index in [9.17, 15) is 5.11 Å². The highest BCUT2D eigenvalue weighted by atomic mass is 32.2. The Morgan fingerprint density at radius 2 is 1.62 bits per heavy atom. The van der Waals surface area contributed by atoms with Gasteiger partial charge in [-0.2, -0.15) is 0 Å². The zero-order valence-corrected chi connectivity index (χ0v) is 9.45. The molecule has 0 bridgehead atoms. The van der Waals surface area contributed by atoms with Gasteiger partial charge in [0, 0.05) is 10.6 Å². The van der Waals surface area contributed by atoms with Crippen LogP contribution in [0.1, 0.15) is 5.56 Å². The van der Waals surface area contributed by atoms with Gasteiger partial charge in [-0.1, -0.05) is 12.1 Å². The number of hydrogen-bond donors (Lipinski definition) is 2. The summed E-state index contributed by atoms with van der Waals surface area (Å²) in [6, 6.07) is 14.3. The number of aromatic hydroxyl groups is 2. The largest absolute Gasteiger partial charge is 0.508 e. The van der Waals surface area contributed by atoms with Crippen LogP contribution in [-0.2, 0) is 5.75 Å². The summed E-state index contributed by atoms with van der Waals surface area (Å²) in [6.07, 6.45) is 0. The number of hydrogen-bond acceptors (Lipinski definition) is 3. The maximum atomic E-state index is 9.30. The van der Waals surface area contributed by atoms with Gasteiger partial charge in [0.15, 0.2) is 0 Å². The van der Waals surface area contributed by atoms with E-state index in [0.29, 0.717) is 5.75 Å². The Labute approximate surface area is 98.6 Å². The standard InChI is InChI=1S/C13H12O2S/c14-11-4-6-13(7-5-11)16-9-10-2-1-3-12(15)8-10/h1-8,14-15H,9H2. The first-order chi connectivity index (χ1) is 7.74. The summed E-state index contributed by atoms with van der Waals surface area (Å²) >= 11 is 1.67. The second-order valence-corrected chi connectivity index (χ2v) is 4.50. The molecule has 16 heavy (non-hydrogen) atoms. The Kier molecular flexibility index (Phi) is 3.37. The van der Waals surface area contributed by atoms with Crippen molar-refractivity contribution in [3.63, 3.8) is 0 Å². The molecule has 0 fully saturated rings. The predicted octanol–water partition coefficient (Wildman–Crippen LogP) is 3.39. The average Bonchev–Trinajstić information content (AvgIpc) is 2.28. The van der Waals surface area contributed by atoms with Crippen LogP contribution < -0.4 is 0 Å². The lowest BCUT2D eigenvalue weighted by molar-refractivity contribution is 0.474. The maximum absolute atomic E-state index is 9.30. The smallest absolute Gasteiger partial charge is 0.115 e. The van der Waals surface area contributed by atoms with Gasteiger partial charge in [0.25, 0.3) is 0 Å². The third-order valence-corrected chi connectivity index (χ3v) is 3.24. The first kappa shape index (κ1) is 10.9. The quantitative estimate of drug-likeness (QED) is 0.797. The molecule has 0 saturated heterocycles. The van der Waals surface area contributed by atoms with Gasteiger partial charge in [-0.25, -0.2) is 0 Å². The van der Waals surface area contributed by atoms with Crippen LogP contribution in [0.15, 0.2) is 53.4 Å². The lowest BCUT2D eigenvalue weighted by Crippen LogP contribution is -1.79. The first-order valence-corrected chi connectivity index (χ1v) is 5.92. The highest BCUT2D eigenvalue weighted by molar-refractivity contribution is 7.98. The monoisotopic (exact) mass is 232 g/mol. The predicted molar refractivity (Wildman–Crippen MR) is 65.8 cm³/mol. The summed E-state index contributed by atoms with van der Waals surface area (Å²) in [4.78, 5) is 1.10. The highest BCUT2D eigenvalue weighted by Gasteiger charge is 1.97. The zero-order chi connectivity index (χ0) is 11.4. The fourth-order valence-corrected chi connectivity index (χ4v) is 2.20. The molecule has 0 aromatic heterocycles. The van der Waals surface area contributed by atoms with Gasteiger partial charge in [-0.3, -0.25) is 0 Å². The molecule has 0 saturated carbocycles. The number of benzene rings is 2. The van der Waals surface area contributed by atoms with E-state index in [1.807, 2.05) is 24.3 Å². The van der Waals surface area contributed by atoms with Gasteiger partial charge < -0.3 is 10.2 Å². The molecule has 82 valence electrons. The van der Waals surface area contributed by atoms with Crippen molar-refractivity contribution in [1.29, 1.82) is 0 Å². The summed E-state index contributed by atoms with van der Waals surface area (Å²) < 4.78 is 0. The van der Waals surface area contributed by atoms with Crippen LogP contribution in [0.2, 0.25) is 0 Å². The average molecular weight is 232 g/mol. The Hall–Kier alpha value is -1.61. The van der Waals surface area contributed by atoms with Gasteiger partial charge in [-0.05, 0) is 42.0 Å². The molecule has 0 atom stereocenters. The molecule has 0 unspecified atom stereocenters. The Balaban J connectivity index is 1.99. The molecule has 3 heteroatoms. The van der Waals surface area contributed by atoms with Gasteiger partial charge >= 0.3 is 0 Å². The first-order valence-electron chi connectivity index (χ1n) is 4.94. The number of phenolic OH excluding ortho intramolecular Hbond substituents is 2. The summed E-state index contributed by atoms with van der Waals surface area (Å²) in [7, 11) is 0. The Bertz CT molecular complexity index is 466. The number of thioether (sulfide) groups is 1. The van der Waals surface area contributed by atoms with Crippen molar-refractivity contribution in [2.24, 2.45) is 0 Å². The molecule has 0 aliphatic carbocycles. The summed E-state index contributed by atoms with van der Waals surface area (Å²) in [5, 5.41) is 18.4. The molecule has 2 nitrogen and oxygen atoms in total. The van der Waals surface area contributed by atoms with Gasteiger partial charge in [0.2, 0.25) is 0 Å². The summed E-state index contributed by atoms with van der Waals surface area (Å²) in [5.41, 5.74) is 1.08. The van der Waals surface area contributed by atoms with E-state index in [0.717, 1.165) is 16.2 Å². The van der Waals surface area contributed by atoms with Crippen molar-refractivity contribution < 1.29 is 10.2 Å². The fourth-order valence-electron chi connectivity index (χ4n) is 1.36. The van der Waals surface area contributed by atoms with Crippen molar-refractivity contribution in [3.8, 4) is 11.5 Å². The zero-order valence-electron chi connectivity index (χ0n) is 8.63. The molecule has 0 amide bonds. The van der Waals surface area contributed by atoms with E-state index in [4.69, 9.17) is 5.11 Å². The van der Waals surface area contributed by atoms with Crippen LogP contribution >= 0.6 is 11.8 Å². The van der Waals surface area contributed by atoms with Crippen LogP contribution in [-0.4, -0.2) is 10.2 Å². The van der Waals surface area contributed by atoms with E-state index in [2.05, 4.69) is 0 Å². The minimum Gasteiger partial charge on any atom is -0.508 e. The van der Waals surface area contributed by atoms with Crippen molar-refractivity contribution in [1.82, 2.24) is 0 Å². The maximum Gasteiger partial charge on any atom is 0.115 e. The molecule has 2 aromatic rings. The minimum absolute atomic E-state index is 0.279. The van der Waals surface area contributed by atoms with E-state index in [-0.39, 0.29) is 5.75 Å². The van der Waals surface area contributed by atoms with Gasteiger partial charge in [0.1, 0.15) is 11.5 Å². The Morgan fingerprint density at radius 3 is 2.31 bits per heavy atom. The van der Waals surface area contributed by atoms with Gasteiger partial charge in [-0.15, -0.1) is 11.8 Å². The molecular formula is C13H12O2S. The van der Waals surface area contributed by atoms with Crippen molar-refractivity contribution >= 4 is 11.8 Å². The van der Waals surface area contributed by atoms with E-state index in [1.54, 1.807) is 36.0 Å².